The lowest BCUT2D eigenvalue weighted by Crippen LogP contribution is -1.94. The van der Waals surface area contributed by atoms with Gasteiger partial charge in [0.15, 0.2) is 0 Å². The molecule has 0 saturated heterocycles. The minimum atomic E-state index is -0.863. The number of aromatic carboxylic acids is 1. The molecule has 5 heteroatoms. The van der Waals surface area contributed by atoms with E-state index in [0.29, 0.717) is 5.56 Å². The van der Waals surface area contributed by atoms with Crippen molar-refractivity contribution in [2.45, 2.75) is 0 Å². The summed E-state index contributed by atoms with van der Waals surface area (Å²) in [7, 11) is 0. The summed E-state index contributed by atoms with van der Waals surface area (Å²) in [6.07, 6.45) is 0. The highest BCUT2D eigenvalue weighted by atomic mass is 32.1. The molecule has 0 aliphatic heterocycles. The van der Waals surface area contributed by atoms with Crippen LogP contribution < -0.4 is 0 Å². The fourth-order valence-corrected chi connectivity index (χ4v) is 4.52. The number of thiophene rings is 3. The Hall–Kier alpha value is -1.43. The number of carboxylic acids is 1. The van der Waals surface area contributed by atoms with Crippen molar-refractivity contribution in [1.29, 1.82) is 0 Å². The summed E-state index contributed by atoms with van der Waals surface area (Å²) in [4.78, 5) is 15.3. The summed E-state index contributed by atoms with van der Waals surface area (Å²) in [5.74, 6) is -0.863. The van der Waals surface area contributed by atoms with Gasteiger partial charge >= 0.3 is 5.97 Å². The Labute approximate surface area is 116 Å². The third kappa shape index (κ3) is 2.01. The molecule has 0 atom stereocenters. The lowest BCUT2D eigenvalue weighted by molar-refractivity contribution is 0.0698. The van der Waals surface area contributed by atoms with E-state index in [4.69, 9.17) is 0 Å². The standard InChI is InChI=1S/C13H8O2S3/c14-13(15)8-7-11(9-3-1-5-16-9)18-12(8)10-4-2-6-17-10/h1-7H,(H,14,15). The van der Waals surface area contributed by atoms with Crippen molar-refractivity contribution in [3.05, 3.63) is 46.7 Å². The zero-order chi connectivity index (χ0) is 12.5. The van der Waals surface area contributed by atoms with Crippen LogP contribution in [-0.4, -0.2) is 11.1 Å². The van der Waals surface area contributed by atoms with Crippen LogP contribution in [0.15, 0.2) is 41.1 Å². The second-order valence-corrected chi connectivity index (χ2v) is 6.56. The topological polar surface area (TPSA) is 37.3 Å². The molecule has 0 aliphatic carbocycles. The van der Waals surface area contributed by atoms with Crippen molar-refractivity contribution in [2.75, 3.05) is 0 Å². The van der Waals surface area contributed by atoms with Crippen LogP contribution in [0.1, 0.15) is 10.4 Å². The van der Waals surface area contributed by atoms with Crippen molar-refractivity contribution in [2.24, 2.45) is 0 Å². The first-order chi connectivity index (χ1) is 8.75. The largest absolute Gasteiger partial charge is 0.478 e. The maximum absolute atomic E-state index is 11.3. The molecule has 0 fully saturated rings. The predicted octanol–water partition coefficient (Wildman–Crippen LogP) is 4.90. The summed E-state index contributed by atoms with van der Waals surface area (Å²) in [5.41, 5.74) is 0.394. The number of carboxylic acid groups (broad SMARTS) is 1. The van der Waals surface area contributed by atoms with E-state index in [1.165, 1.54) is 0 Å². The Morgan fingerprint density at radius 1 is 1.00 bits per heavy atom. The lowest BCUT2D eigenvalue weighted by atomic mass is 10.2. The second kappa shape index (κ2) is 4.68. The number of carbonyl (C=O) groups is 1. The molecule has 0 saturated carbocycles. The van der Waals surface area contributed by atoms with Crippen molar-refractivity contribution >= 4 is 40.0 Å². The Kier molecular flexibility index (Phi) is 3.03. The van der Waals surface area contributed by atoms with Gasteiger partial charge in [0.25, 0.3) is 0 Å². The molecule has 0 aliphatic rings. The summed E-state index contributed by atoms with van der Waals surface area (Å²) >= 11 is 4.74. The molecule has 3 aromatic heterocycles. The number of hydrogen-bond acceptors (Lipinski definition) is 4. The monoisotopic (exact) mass is 292 g/mol. The number of rotatable bonds is 3. The summed E-state index contributed by atoms with van der Waals surface area (Å²) < 4.78 is 0. The average molecular weight is 292 g/mol. The molecule has 0 bridgehead atoms. The Morgan fingerprint density at radius 2 is 1.67 bits per heavy atom. The van der Waals surface area contributed by atoms with Crippen molar-refractivity contribution in [3.63, 3.8) is 0 Å². The van der Waals surface area contributed by atoms with E-state index < -0.39 is 5.97 Å². The summed E-state index contributed by atoms with van der Waals surface area (Å²) in [6, 6.07) is 9.66. The average Bonchev–Trinajstić information content (AvgIpc) is 3.10. The fourth-order valence-electron chi connectivity index (χ4n) is 1.68. The van der Waals surface area contributed by atoms with Crippen molar-refractivity contribution < 1.29 is 9.90 Å². The van der Waals surface area contributed by atoms with Gasteiger partial charge in [-0.3, -0.25) is 0 Å². The van der Waals surface area contributed by atoms with E-state index in [0.717, 1.165) is 19.5 Å². The minimum Gasteiger partial charge on any atom is -0.478 e. The SMILES string of the molecule is O=C(O)c1cc(-c2cccs2)sc1-c1cccs1. The molecule has 0 amide bonds. The highest BCUT2D eigenvalue weighted by Gasteiger charge is 2.18. The third-order valence-electron chi connectivity index (χ3n) is 2.47. The third-order valence-corrected chi connectivity index (χ3v) is 5.72. The van der Waals surface area contributed by atoms with Crippen LogP contribution in [0, 0.1) is 0 Å². The smallest absolute Gasteiger partial charge is 0.337 e. The number of hydrogen-bond donors (Lipinski definition) is 1. The van der Waals surface area contributed by atoms with Crippen LogP contribution in [0.3, 0.4) is 0 Å². The lowest BCUT2D eigenvalue weighted by Gasteiger charge is -1.94. The molecule has 0 spiro atoms. The van der Waals surface area contributed by atoms with Crippen LogP contribution in [0.4, 0.5) is 0 Å². The molecule has 3 heterocycles. The normalized spacial score (nSPS) is 10.7. The molecule has 0 unspecified atom stereocenters. The Bertz CT molecular complexity index is 663. The van der Waals surface area contributed by atoms with Gasteiger partial charge in [0, 0.05) is 14.6 Å². The van der Waals surface area contributed by atoms with Gasteiger partial charge in [-0.15, -0.1) is 34.0 Å². The summed E-state index contributed by atoms with van der Waals surface area (Å²) in [5, 5.41) is 13.3. The van der Waals surface area contributed by atoms with Gasteiger partial charge in [-0.05, 0) is 29.0 Å². The van der Waals surface area contributed by atoms with Crippen LogP contribution in [0.2, 0.25) is 0 Å². The molecular formula is C13H8O2S3. The van der Waals surface area contributed by atoms with Crippen LogP contribution in [-0.2, 0) is 0 Å². The molecule has 0 radical (unpaired) electrons. The first kappa shape index (κ1) is 11.6. The van der Waals surface area contributed by atoms with Crippen LogP contribution in [0.5, 0.6) is 0 Å². The Morgan fingerprint density at radius 3 is 2.22 bits per heavy atom. The molecular weight excluding hydrogens is 284 g/mol. The molecule has 3 rings (SSSR count). The van der Waals surface area contributed by atoms with E-state index in [2.05, 4.69) is 0 Å². The zero-order valence-electron chi connectivity index (χ0n) is 9.12. The first-order valence-corrected chi connectivity index (χ1v) is 7.78. The van der Waals surface area contributed by atoms with Gasteiger partial charge in [-0.2, -0.15) is 0 Å². The van der Waals surface area contributed by atoms with Gasteiger partial charge in [0.05, 0.1) is 10.4 Å². The van der Waals surface area contributed by atoms with E-state index >= 15 is 0 Å². The van der Waals surface area contributed by atoms with Crippen molar-refractivity contribution in [3.8, 4) is 19.5 Å². The molecule has 1 N–H and O–H groups in total. The molecule has 2 nitrogen and oxygen atoms in total. The van der Waals surface area contributed by atoms with Gasteiger partial charge in [-0.1, -0.05) is 12.1 Å². The van der Waals surface area contributed by atoms with Crippen molar-refractivity contribution in [1.82, 2.24) is 0 Å². The highest BCUT2D eigenvalue weighted by Crippen LogP contribution is 2.41. The zero-order valence-corrected chi connectivity index (χ0v) is 11.6. The van der Waals surface area contributed by atoms with Gasteiger partial charge in [0.1, 0.15) is 0 Å². The first-order valence-electron chi connectivity index (χ1n) is 5.20. The molecule has 3 aromatic rings. The fraction of sp³-hybridized carbons (Fsp3) is 0. The minimum absolute atomic E-state index is 0.394. The van der Waals surface area contributed by atoms with Gasteiger partial charge in [-0.25, -0.2) is 4.79 Å². The van der Waals surface area contributed by atoms with E-state index in [1.807, 2.05) is 35.0 Å². The molecule has 0 aromatic carbocycles. The maximum Gasteiger partial charge on any atom is 0.337 e. The Balaban J connectivity index is 2.16. The predicted molar refractivity (Wildman–Crippen MR) is 77.9 cm³/mol. The molecule has 90 valence electrons. The van der Waals surface area contributed by atoms with E-state index in [-0.39, 0.29) is 0 Å². The molecule has 18 heavy (non-hydrogen) atoms. The maximum atomic E-state index is 11.3. The highest BCUT2D eigenvalue weighted by molar-refractivity contribution is 7.26. The second-order valence-electron chi connectivity index (χ2n) is 3.61. The van der Waals surface area contributed by atoms with Gasteiger partial charge in [0.2, 0.25) is 0 Å². The van der Waals surface area contributed by atoms with Crippen LogP contribution >= 0.6 is 34.0 Å². The van der Waals surface area contributed by atoms with E-state index in [1.54, 1.807) is 40.1 Å². The van der Waals surface area contributed by atoms with Crippen LogP contribution in [0.25, 0.3) is 19.5 Å². The quantitative estimate of drug-likeness (QED) is 0.745. The summed E-state index contributed by atoms with van der Waals surface area (Å²) in [6.45, 7) is 0. The van der Waals surface area contributed by atoms with E-state index in [9.17, 15) is 9.90 Å². The van der Waals surface area contributed by atoms with Gasteiger partial charge < -0.3 is 5.11 Å².